The molecule has 0 amide bonds. The van der Waals surface area contributed by atoms with Crippen molar-refractivity contribution in [3.63, 3.8) is 0 Å². The Labute approximate surface area is 114 Å². The predicted octanol–water partition coefficient (Wildman–Crippen LogP) is 4.15. The van der Waals surface area contributed by atoms with E-state index >= 15 is 0 Å². The van der Waals surface area contributed by atoms with Crippen molar-refractivity contribution in [2.24, 2.45) is 0 Å². The molecule has 1 aromatic carbocycles. The standard InChI is InChI=1S/C10H10Br3NO/c1-5(2)14-9-7(12)3-6(11)4-8(13)10(9)15/h3-5H,1-2H3,(H,14,15). The molecule has 0 bridgehead atoms. The van der Waals surface area contributed by atoms with E-state index < -0.39 is 0 Å². The molecule has 0 fully saturated rings. The molecule has 0 saturated heterocycles. The normalized spacial score (nSPS) is 10.5. The van der Waals surface area contributed by atoms with Crippen LogP contribution in [-0.4, -0.2) is 6.04 Å². The van der Waals surface area contributed by atoms with E-state index in [9.17, 15) is 4.79 Å². The molecular weight excluding hydrogens is 390 g/mol. The number of halogens is 3. The predicted molar refractivity (Wildman–Crippen MR) is 74.6 cm³/mol. The molecule has 1 N–H and O–H groups in total. The van der Waals surface area contributed by atoms with Gasteiger partial charge in [0.15, 0.2) is 0 Å². The summed E-state index contributed by atoms with van der Waals surface area (Å²) in [6, 6.07) is 3.79. The van der Waals surface area contributed by atoms with Gasteiger partial charge in [0.25, 0.3) is 0 Å². The summed E-state index contributed by atoms with van der Waals surface area (Å²) in [7, 11) is 0. The zero-order chi connectivity index (χ0) is 11.6. The maximum absolute atomic E-state index is 11.9. The van der Waals surface area contributed by atoms with E-state index in [1.165, 1.54) is 0 Å². The van der Waals surface area contributed by atoms with Crippen LogP contribution in [0.3, 0.4) is 0 Å². The summed E-state index contributed by atoms with van der Waals surface area (Å²) >= 11 is 9.98. The topological polar surface area (TPSA) is 29.1 Å². The highest BCUT2D eigenvalue weighted by molar-refractivity contribution is 9.11. The van der Waals surface area contributed by atoms with Gasteiger partial charge in [-0.1, -0.05) is 15.9 Å². The van der Waals surface area contributed by atoms with E-state index in [2.05, 4.69) is 53.1 Å². The smallest absolute Gasteiger partial charge is 0.216 e. The van der Waals surface area contributed by atoms with Crippen LogP contribution in [0.2, 0.25) is 0 Å². The zero-order valence-electron chi connectivity index (χ0n) is 8.27. The van der Waals surface area contributed by atoms with Gasteiger partial charge in [-0.3, -0.25) is 4.79 Å². The molecule has 15 heavy (non-hydrogen) atoms. The van der Waals surface area contributed by atoms with Gasteiger partial charge in [0.1, 0.15) is 0 Å². The van der Waals surface area contributed by atoms with Crippen molar-refractivity contribution in [1.82, 2.24) is 0 Å². The maximum atomic E-state index is 11.9. The lowest BCUT2D eigenvalue weighted by atomic mass is 10.3. The van der Waals surface area contributed by atoms with Gasteiger partial charge < -0.3 is 5.32 Å². The van der Waals surface area contributed by atoms with Crippen molar-refractivity contribution in [2.45, 2.75) is 19.9 Å². The molecule has 0 saturated carbocycles. The highest BCUT2D eigenvalue weighted by atomic mass is 79.9. The SMILES string of the molecule is CC(C)Nc1c(Br)cc(Br)cc(Br)c1=O. The molecule has 0 aliphatic heterocycles. The average molecular weight is 400 g/mol. The van der Waals surface area contributed by atoms with E-state index in [1.54, 1.807) is 6.07 Å². The van der Waals surface area contributed by atoms with Crippen LogP contribution in [0.5, 0.6) is 0 Å². The molecule has 0 aromatic heterocycles. The summed E-state index contributed by atoms with van der Waals surface area (Å²) in [6.07, 6.45) is 0. The summed E-state index contributed by atoms with van der Waals surface area (Å²) in [5, 5.41) is 3.12. The minimum atomic E-state index is -0.0544. The van der Waals surface area contributed by atoms with Gasteiger partial charge in [-0.2, -0.15) is 0 Å². The summed E-state index contributed by atoms with van der Waals surface area (Å²) in [6.45, 7) is 3.98. The molecule has 0 heterocycles. The van der Waals surface area contributed by atoms with Crippen LogP contribution in [0.1, 0.15) is 13.8 Å². The lowest BCUT2D eigenvalue weighted by molar-refractivity contribution is 0.896. The largest absolute Gasteiger partial charge is 0.379 e. The summed E-state index contributed by atoms with van der Waals surface area (Å²) in [4.78, 5) is 11.9. The van der Waals surface area contributed by atoms with Crippen molar-refractivity contribution in [2.75, 3.05) is 5.32 Å². The third-order valence-electron chi connectivity index (χ3n) is 1.65. The van der Waals surface area contributed by atoms with Gasteiger partial charge in [-0.25, -0.2) is 0 Å². The molecule has 0 aliphatic carbocycles. The van der Waals surface area contributed by atoms with Crippen LogP contribution in [-0.2, 0) is 0 Å². The monoisotopic (exact) mass is 397 g/mol. The summed E-state index contributed by atoms with van der Waals surface area (Å²) in [5.74, 6) is 0. The van der Waals surface area contributed by atoms with Crippen molar-refractivity contribution >= 4 is 53.5 Å². The van der Waals surface area contributed by atoms with Gasteiger partial charge in [-0.05, 0) is 57.8 Å². The molecule has 1 rings (SSSR count). The number of rotatable bonds is 2. The molecule has 2 nitrogen and oxygen atoms in total. The van der Waals surface area contributed by atoms with Crippen molar-refractivity contribution in [1.29, 1.82) is 0 Å². The van der Waals surface area contributed by atoms with E-state index in [0.29, 0.717) is 10.2 Å². The molecule has 0 unspecified atom stereocenters. The van der Waals surface area contributed by atoms with E-state index in [1.807, 2.05) is 19.9 Å². The first kappa shape index (κ1) is 13.2. The molecule has 82 valence electrons. The lowest BCUT2D eigenvalue weighted by Gasteiger charge is -2.08. The van der Waals surface area contributed by atoms with Gasteiger partial charge in [0.05, 0.1) is 10.2 Å². The van der Waals surface area contributed by atoms with E-state index in [-0.39, 0.29) is 11.5 Å². The van der Waals surface area contributed by atoms with Crippen molar-refractivity contribution < 1.29 is 0 Å². The minimum absolute atomic E-state index is 0.0544. The fourth-order valence-corrected chi connectivity index (χ4v) is 3.13. The Morgan fingerprint density at radius 2 is 1.67 bits per heavy atom. The van der Waals surface area contributed by atoms with E-state index in [4.69, 9.17) is 0 Å². The molecule has 0 aliphatic rings. The van der Waals surface area contributed by atoms with Crippen LogP contribution in [0.25, 0.3) is 0 Å². The Morgan fingerprint density at radius 1 is 1.13 bits per heavy atom. The van der Waals surface area contributed by atoms with Crippen LogP contribution in [0, 0.1) is 0 Å². The third-order valence-corrected chi connectivity index (χ3v) is 3.32. The summed E-state index contributed by atoms with van der Waals surface area (Å²) < 4.78 is 2.12. The van der Waals surface area contributed by atoms with Crippen molar-refractivity contribution in [3.05, 3.63) is 35.8 Å². The quantitative estimate of drug-likeness (QED) is 0.809. The fourth-order valence-electron chi connectivity index (χ4n) is 1.07. The fraction of sp³-hybridized carbons (Fsp3) is 0.300. The highest BCUT2D eigenvalue weighted by Gasteiger charge is 2.08. The number of anilines is 1. The summed E-state index contributed by atoms with van der Waals surface area (Å²) in [5.41, 5.74) is 0.517. The Bertz CT molecular complexity index is 432. The average Bonchev–Trinajstić information content (AvgIpc) is 2.18. The minimum Gasteiger partial charge on any atom is -0.379 e. The Morgan fingerprint density at radius 3 is 2.20 bits per heavy atom. The molecule has 5 heteroatoms. The first-order chi connectivity index (χ1) is 6.91. The van der Waals surface area contributed by atoms with Crippen molar-refractivity contribution in [3.8, 4) is 0 Å². The molecule has 0 atom stereocenters. The van der Waals surface area contributed by atoms with E-state index in [0.717, 1.165) is 8.95 Å². The van der Waals surface area contributed by atoms with Gasteiger partial charge >= 0.3 is 0 Å². The van der Waals surface area contributed by atoms with Gasteiger partial charge in [0, 0.05) is 15.0 Å². The van der Waals surface area contributed by atoms with Crippen LogP contribution in [0.4, 0.5) is 5.69 Å². The lowest BCUT2D eigenvalue weighted by Crippen LogP contribution is -2.17. The molecule has 1 aromatic rings. The number of hydrogen-bond donors (Lipinski definition) is 1. The molecular formula is C10H10Br3NO. The highest BCUT2D eigenvalue weighted by Crippen LogP contribution is 2.24. The van der Waals surface area contributed by atoms with Crippen LogP contribution >= 0.6 is 47.8 Å². The third kappa shape index (κ3) is 3.57. The molecule has 0 spiro atoms. The number of nitrogens with one attached hydrogen (secondary N) is 1. The Kier molecular flexibility index (Phi) is 4.80. The Balaban J connectivity index is 3.45. The molecule has 0 radical (unpaired) electrons. The van der Waals surface area contributed by atoms with Gasteiger partial charge in [0.2, 0.25) is 5.43 Å². The second-order valence-corrected chi connectivity index (χ2v) is 6.00. The second kappa shape index (κ2) is 5.46. The Hall–Kier alpha value is 0.130. The van der Waals surface area contributed by atoms with Crippen LogP contribution < -0.4 is 10.7 Å². The first-order valence-corrected chi connectivity index (χ1v) is 6.75. The second-order valence-electron chi connectivity index (χ2n) is 3.37. The van der Waals surface area contributed by atoms with Crippen LogP contribution in [0.15, 0.2) is 30.3 Å². The zero-order valence-corrected chi connectivity index (χ0v) is 13.0. The maximum Gasteiger partial charge on any atom is 0.216 e. The number of hydrogen-bond acceptors (Lipinski definition) is 2. The van der Waals surface area contributed by atoms with Gasteiger partial charge in [-0.15, -0.1) is 0 Å². The first-order valence-electron chi connectivity index (χ1n) is 4.37.